The molecule has 1 saturated carbocycles. The largest absolute Gasteiger partial charge is 0.314 e. The molecule has 1 aliphatic carbocycles. The number of hydrogen-bond donors (Lipinski definition) is 1. The number of piperidine rings is 1. The molecule has 1 saturated heterocycles. The number of halogens is 2. The Morgan fingerprint density at radius 2 is 1.67 bits per heavy atom. The predicted molar refractivity (Wildman–Crippen MR) is 57.2 cm³/mol. The van der Waals surface area contributed by atoms with Gasteiger partial charge in [-0.2, -0.15) is 0 Å². The number of nitrogens with one attached hydrogen (secondary N) is 1. The van der Waals surface area contributed by atoms with Gasteiger partial charge in [0.25, 0.3) is 5.92 Å². The molecule has 1 N–H and O–H groups in total. The Morgan fingerprint density at radius 3 is 2.27 bits per heavy atom. The van der Waals surface area contributed by atoms with Crippen molar-refractivity contribution in [2.24, 2.45) is 5.92 Å². The minimum Gasteiger partial charge on any atom is -0.314 e. The van der Waals surface area contributed by atoms with E-state index in [1.54, 1.807) is 0 Å². The summed E-state index contributed by atoms with van der Waals surface area (Å²) >= 11 is 0. The number of rotatable bonds is 3. The second-order valence-corrected chi connectivity index (χ2v) is 5.09. The maximum Gasteiger partial charge on any atom is 0.252 e. The van der Waals surface area contributed by atoms with Gasteiger partial charge in [-0.1, -0.05) is 19.3 Å². The van der Waals surface area contributed by atoms with Crippen molar-refractivity contribution in [2.75, 3.05) is 6.54 Å². The molecule has 2 rings (SSSR count). The smallest absolute Gasteiger partial charge is 0.252 e. The molecule has 1 aliphatic heterocycles. The first-order valence-electron chi connectivity index (χ1n) is 6.30. The fourth-order valence-electron chi connectivity index (χ4n) is 2.94. The third kappa shape index (κ3) is 2.90. The van der Waals surface area contributed by atoms with Crippen LogP contribution in [0.2, 0.25) is 0 Å². The van der Waals surface area contributed by atoms with Gasteiger partial charge in [-0.25, -0.2) is 8.78 Å². The van der Waals surface area contributed by atoms with Crippen molar-refractivity contribution in [2.45, 2.75) is 63.3 Å². The van der Waals surface area contributed by atoms with Crippen LogP contribution in [-0.2, 0) is 0 Å². The summed E-state index contributed by atoms with van der Waals surface area (Å²) in [7, 11) is 0. The lowest BCUT2D eigenvalue weighted by Gasteiger charge is -2.30. The molecular formula is C12H21F2N. The van der Waals surface area contributed by atoms with E-state index in [0.29, 0.717) is 0 Å². The minimum absolute atomic E-state index is 0.0642. The van der Waals surface area contributed by atoms with Gasteiger partial charge in [0.2, 0.25) is 0 Å². The summed E-state index contributed by atoms with van der Waals surface area (Å²) in [5.41, 5.74) is 0. The Hall–Kier alpha value is -0.180. The highest BCUT2D eigenvalue weighted by Crippen LogP contribution is 2.41. The molecule has 0 aromatic heterocycles. The first-order valence-corrected chi connectivity index (χ1v) is 6.30. The number of hydrogen-bond acceptors (Lipinski definition) is 1. The van der Waals surface area contributed by atoms with Crippen LogP contribution in [0.5, 0.6) is 0 Å². The zero-order valence-electron chi connectivity index (χ0n) is 9.27. The predicted octanol–water partition coefficient (Wildman–Crippen LogP) is 3.34. The van der Waals surface area contributed by atoms with Crippen LogP contribution in [0.15, 0.2) is 0 Å². The minimum atomic E-state index is -2.43. The Balaban J connectivity index is 1.84. The van der Waals surface area contributed by atoms with E-state index in [1.165, 1.54) is 0 Å². The van der Waals surface area contributed by atoms with Gasteiger partial charge < -0.3 is 5.32 Å². The van der Waals surface area contributed by atoms with Gasteiger partial charge in [-0.05, 0) is 32.2 Å². The highest BCUT2D eigenvalue weighted by molar-refractivity contribution is 4.86. The summed E-state index contributed by atoms with van der Waals surface area (Å²) in [4.78, 5) is 0. The lowest BCUT2D eigenvalue weighted by molar-refractivity contribution is -0.0716. The summed E-state index contributed by atoms with van der Waals surface area (Å²) in [5.74, 6) is -2.76. The second kappa shape index (κ2) is 4.77. The third-order valence-corrected chi connectivity index (χ3v) is 3.88. The van der Waals surface area contributed by atoms with Crippen molar-refractivity contribution in [3.05, 3.63) is 0 Å². The molecular weight excluding hydrogens is 196 g/mol. The molecule has 1 heterocycles. The molecule has 15 heavy (non-hydrogen) atoms. The second-order valence-electron chi connectivity index (χ2n) is 5.09. The van der Waals surface area contributed by atoms with Gasteiger partial charge in [0.05, 0.1) is 0 Å². The highest BCUT2D eigenvalue weighted by Gasteiger charge is 2.42. The monoisotopic (exact) mass is 217 g/mol. The molecule has 1 atom stereocenters. The molecule has 0 radical (unpaired) electrons. The summed E-state index contributed by atoms with van der Waals surface area (Å²) < 4.78 is 27.7. The van der Waals surface area contributed by atoms with E-state index in [4.69, 9.17) is 0 Å². The molecule has 0 spiro atoms. The van der Waals surface area contributed by atoms with Crippen molar-refractivity contribution in [1.29, 1.82) is 0 Å². The SMILES string of the molecule is FC(F)(CC1CCCCN1)C1CCCC1. The fourth-order valence-corrected chi connectivity index (χ4v) is 2.94. The van der Waals surface area contributed by atoms with Crippen LogP contribution < -0.4 is 5.32 Å². The maximum absolute atomic E-state index is 13.9. The van der Waals surface area contributed by atoms with Gasteiger partial charge in [0, 0.05) is 18.4 Å². The van der Waals surface area contributed by atoms with E-state index in [0.717, 1.165) is 51.5 Å². The topological polar surface area (TPSA) is 12.0 Å². The fraction of sp³-hybridized carbons (Fsp3) is 1.00. The number of alkyl halides is 2. The average Bonchev–Trinajstić information content (AvgIpc) is 2.71. The first kappa shape index (κ1) is 11.3. The van der Waals surface area contributed by atoms with Crippen molar-refractivity contribution < 1.29 is 8.78 Å². The van der Waals surface area contributed by atoms with Gasteiger partial charge in [0.1, 0.15) is 0 Å². The molecule has 0 bridgehead atoms. The van der Waals surface area contributed by atoms with Crippen molar-refractivity contribution in [1.82, 2.24) is 5.32 Å². The van der Waals surface area contributed by atoms with Crippen LogP contribution in [0.3, 0.4) is 0 Å². The van der Waals surface area contributed by atoms with Crippen LogP contribution in [0.1, 0.15) is 51.4 Å². The summed E-state index contributed by atoms with van der Waals surface area (Å²) in [6.07, 6.45) is 6.72. The van der Waals surface area contributed by atoms with Crippen molar-refractivity contribution in [3.63, 3.8) is 0 Å². The van der Waals surface area contributed by atoms with E-state index in [2.05, 4.69) is 5.32 Å². The van der Waals surface area contributed by atoms with Gasteiger partial charge in [-0.3, -0.25) is 0 Å². The molecule has 2 aliphatic rings. The summed E-state index contributed by atoms with van der Waals surface area (Å²) in [6.45, 7) is 0.922. The van der Waals surface area contributed by atoms with Crippen LogP contribution in [0, 0.1) is 5.92 Å². The Bertz CT molecular complexity index is 194. The van der Waals surface area contributed by atoms with Crippen LogP contribution >= 0.6 is 0 Å². The Kier molecular flexibility index (Phi) is 3.60. The molecule has 0 aromatic carbocycles. The quantitative estimate of drug-likeness (QED) is 0.764. The van der Waals surface area contributed by atoms with E-state index < -0.39 is 5.92 Å². The normalized spacial score (nSPS) is 29.6. The van der Waals surface area contributed by atoms with Crippen LogP contribution in [-0.4, -0.2) is 18.5 Å². The lowest BCUT2D eigenvalue weighted by atomic mass is 9.90. The summed E-state index contributed by atoms with van der Waals surface area (Å²) in [5, 5.41) is 3.22. The first-order chi connectivity index (χ1) is 7.18. The molecule has 88 valence electrons. The molecule has 1 unspecified atom stereocenters. The van der Waals surface area contributed by atoms with Crippen LogP contribution in [0.25, 0.3) is 0 Å². The lowest BCUT2D eigenvalue weighted by Crippen LogP contribution is -2.41. The zero-order chi connectivity index (χ0) is 10.7. The maximum atomic E-state index is 13.9. The van der Waals surface area contributed by atoms with Crippen molar-refractivity contribution in [3.8, 4) is 0 Å². The third-order valence-electron chi connectivity index (χ3n) is 3.88. The van der Waals surface area contributed by atoms with E-state index in [1.807, 2.05) is 0 Å². The Morgan fingerprint density at radius 1 is 1.00 bits per heavy atom. The zero-order valence-corrected chi connectivity index (χ0v) is 9.27. The molecule has 0 aromatic rings. The average molecular weight is 217 g/mol. The molecule has 0 amide bonds. The molecule has 2 fully saturated rings. The van der Waals surface area contributed by atoms with E-state index in [-0.39, 0.29) is 18.4 Å². The molecule has 3 heteroatoms. The summed E-state index contributed by atoms with van der Waals surface area (Å²) in [6, 6.07) is 0.0642. The van der Waals surface area contributed by atoms with Gasteiger partial charge >= 0.3 is 0 Å². The molecule has 1 nitrogen and oxygen atoms in total. The van der Waals surface area contributed by atoms with Crippen molar-refractivity contribution >= 4 is 0 Å². The van der Waals surface area contributed by atoms with Gasteiger partial charge in [0.15, 0.2) is 0 Å². The van der Waals surface area contributed by atoms with Gasteiger partial charge in [-0.15, -0.1) is 0 Å². The highest BCUT2D eigenvalue weighted by atomic mass is 19.3. The Labute approximate surface area is 90.6 Å². The standard InChI is InChI=1S/C12H21F2N/c13-12(14,10-5-1-2-6-10)9-11-7-3-4-8-15-11/h10-11,15H,1-9H2. The van der Waals surface area contributed by atoms with E-state index >= 15 is 0 Å². The van der Waals surface area contributed by atoms with E-state index in [9.17, 15) is 8.78 Å². The van der Waals surface area contributed by atoms with Crippen LogP contribution in [0.4, 0.5) is 8.78 Å².